The standard InChI is InChI=1S/C13H20N2O2S/c1-9-6-7-10(2)13(12(9)14)18(16,17)15-8-4-5-11(15)3/h6-7,11H,4-5,8,14H2,1-3H3. The molecule has 0 amide bonds. The molecule has 1 heterocycles. The fourth-order valence-electron chi connectivity index (χ4n) is 2.53. The van der Waals surface area contributed by atoms with Gasteiger partial charge in [0, 0.05) is 12.6 Å². The Morgan fingerprint density at radius 2 is 1.89 bits per heavy atom. The average molecular weight is 268 g/mol. The molecule has 0 radical (unpaired) electrons. The van der Waals surface area contributed by atoms with Gasteiger partial charge in [0.1, 0.15) is 4.90 Å². The van der Waals surface area contributed by atoms with Crippen LogP contribution >= 0.6 is 0 Å². The molecule has 5 heteroatoms. The van der Waals surface area contributed by atoms with E-state index in [9.17, 15) is 8.42 Å². The Hall–Kier alpha value is -1.07. The Morgan fingerprint density at radius 3 is 2.44 bits per heavy atom. The molecule has 1 aromatic carbocycles. The molecule has 1 saturated heterocycles. The highest BCUT2D eigenvalue weighted by atomic mass is 32.2. The zero-order chi connectivity index (χ0) is 13.5. The first-order valence-electron chi connectivity index (χ1n) is 6.23. The van der Waals surface area contributed by atoms with Crippen LogP contribution in [0.1, 0.15) is 30.9 Å². The number of sulfonamides is 1. The molecule has 1 atom stereocenters. The fourth-order valence-corrected chi connectivity index (χ4v) is 4.63. The van der Waals surface area contributed by atoms with Gasteiger partial charge in [0.25, 0.3) is 0 Å². The van der Waals surface area contributed by atoms with Gasteiger partial charge in [-0.05, 0) is 44.7 Å². The van der Waals surface area contributed by atoms with Crippen molar-refractivity contribution in [1.29, 1.82) is 0 Å². The summed E-state index contributed by atoms with van der Waals surface area (Å²) < 4.78 is 26.9. The fraction of sp³-hybridized carbons (Fsp3) is 0.538. The molecule has 4 nitrogen and oxygen atoms in total. The largest absolute Gasteiger partial charge is 0.397 e. The molecule has 1 aliphatic rings. The maximum atomic E-state index is 12.7. The van der Waals surface area contributed by atoms with Crippen molar-refractivity contribution < 1.29 is 8.42 Å². The summed E-state index contributed by atoms with van der Waals surface area (Å²) >= 11 is 0. The van der Waals surface area contributed by atoms with E-state index in [0.29, 0.717) is 12.2 Å². The number of rotatable bonds is 2. The third-order valence-electron chi connectivity index (χ3n) is 3.67. The molecule has 100 valence electrons. The summed E-state index contributed by atoms with van der Waals surface area (Å²) in [6.07, 6.45) is 1.84. The summed E-state index contributed by atoms with van der Waals surface area (Å²) in [7, 11) is -3.46. The van der Waals surface area contributed by atoms with E-state index in [1.54, 1.807) is 11.2 Å². The lowest BCUT2D eigenvalue weighted by molar-refractivity contribution is 0.408. The molecule has 2 rings (SSSR count). The van der Waals surface area contributed by atoms with E-state index >= 15 is 0 Å². The van der Waals surface area contributed by atoms with Crippen molar-refractivity contribution in [3.05, 3.63) is 23.3 Å². The van der Waals surface area contributed by atoms with Crippen molar-refractivity contribution in [2.24, 2.45) is 0 Å². The van der Waals surface area contributed by atoms with Gasteiger partial charge in [-0.25, -0.2) is 8.42 Å². The minimum absolute atomic E-state index is 0.0642. The van der Waals surface area contributed by atoms with Crippen LogP contribution in [0, 0.1) is 13.8 Å². The Kier molecular flexibility index (Phi) is 3.38. The highest BCUT2D eigenvalue weighted by molar-refractivity contribution is 7.89. The highest BCUT2D eigenvalue weighted by Crippen LogP contribution is 2.32. The highest BCUT2D eigenvalue weighted by Gasteiger charge is 2.34. The van der Waals surface area contributed by atoms with Gasteiger partial charge in [-0.2, -0.15) is 4.31 Å². The Morgan fingerprint density at radius 1 is 1.28 bits per heavy atom. The molecule has 0 aromatic heterocycles. The number of aryl methyl sites for hydroxylation is 2. The van der Waals surface area contributed by atoms with Crippen molar-refractivity contribution >= 4 is 15.7 Å². The van der Waals surface area contributed by atoms with E-state index in [4.69, 9.17) is 5.73 Å². The van der Waals surface area contributed by atoms with E-state index < -0.39 is 10.0 Å². The van der Waals surface area contributed by atoms with Gasteiger partial charge >= 0.3 is 0 Å². The van der Waals surface area contributed by atoms with Gasteiger partial charge in [0.15, 0.2) is 0 Å². The summed E-state index contributed by atoms with van der Waals surface area (Å²) in [5.74, 6) is 0. The predicted molar refractivity (Wildman–Crippen MR) is 72.9 cm³/mol. The lowest BCUT2D eigenvalue weighted by atomic mass is 10.1. The molecule has 0 spiro atoms. The molecule has 0 aliphatic carbocycles. The first-order chi connectivity index (χ1) is 8.35. The van der Waals surface area contributed by atoms with Crippen LogP contribution in [0.4, 0.5) is 5.69 Å². The Bertz CT molecular complexity index is 567. The zero-order valence-corrected chi connectivity index (χ0v) is 11.9. The molecule has 18 heavy (non-hydrogen) atoms. The van der Waals surface area contributed by atoms with E-state index in [2.05, 4.69) is 0 Å². The van der Waals surface area contributed by atoms with E-state index in [-0.39, 0.29) is 10.9 Å². The molecular formula is C13H20N2O2S. The van der Waals surface area contributed by atoms with E-state index in [1.165, 1.54) is 0 Å². The molecule has 1 unspecified atom stereocenters. The van der Waals surface area contributed by atoms with Gasteiger partial charge in [-0.3, -0.25) is 0 Å². The summed E-state index contributed by atoms with van der Waals surface area (Å²) in [6.45, 7) is 6.17. The van der Waals surface area contributed by atoms with Crippen molar-refractivity contribution in [2.45, 2.75) is 44.6 Å². The van der Waals surface area contributed by atoms with Gasteiger partial charge in [-0.1, -0.05) is 12.1 Å². The quantitative estimate of drug-likeness (QED) is 0.835. The van der Waals surface area contributed by atoms with Crippen LogP contribution in [-0.2, 0) is 10.0 Å². The number of benzene rings is 1. The van der Waals surface area contributed by atoms with Crippen LogP contribution < -0.4 is 5.73 Å². The van der Waals surface area contributed by atoms with Crippen molar-refractivity contribution in [3.63, 3.8) is 0 Å². The van der Waals surface area contributed by atoms with Gasteiger partial charge in [0.2, 0.25) is 10.0 Å². The van der Waals surface area contributed by atoms with Crippen molar-refractivity contribution in [2.75, 3.05) is 12.3 Å². The van der Waals surface area contributed by atoms with Crippen LogP contribution in [-0.4, -0.2) is 25.3 Å². The summed E-state index contributed by atoms with van der Waals surface area (Å²) in [5, 5.41) is 0. The van der Waals surface area contributed by atoms with Gasteiger partial charge < -0.3 is 5.73 Å². The van der Waals surface area contributed by atoms with Crippen molar-refractivity contribution in [1.82, 2.24) is 4.31 Å². The van der Waals surface area contributed by atoms with E-state index in [1.807, 2.05) is 26.0 Å². The van der Waals surface area contributed by atoms with Gasteiger partial charge in [-0.15, -0.1) is 0 Å². The third-order valence-corrected chi connectivity index (χ3v) is 5.89. The first kappa shape index (κ1) is 13.4. The number of anilines is 1. The maximum Gasteiger partial charge on any atom is 0.245 e. The van der Waals surface area contributed by atoms with Crippen LogP contribution in [0.25, 0.3) is 0 Å². The Labute approximate surface area is 109 Å². The minimum Gasteiger partial charge on any atom is -0.397 e. The number of nitrogens with zero attached hydrogens (tertiary/aromatic N) is 1. The lowest BCUT2D eigenvalue weighted by Gasteiger charge is -2.23. The third kappa shape index (κ3) is 2.01. The summed E-state index contributed by atoms with van der Waals surface area (Å²) in [5.41, 5.74) is 7.89. The minimum atomic E-state index is -3.46. The van der Waals surface area contributed by atoms with Crippen LogP contribution in [0.2, 0.25) is 0 Å². The second-order valence-corrected chi connectivity index (χ2v) is 6.88. The molecular weight excluding hydrogens is 248 g/mol. The second kappa shape index (κ2) is 4.55. The topological polar surface area (TPSA) is 63.4 Å². The normalized spacial score (nSPS) is 21.4. The van der Waals surface area contributed by atoms with Crippen molar-refractivity contribution in [3.8, 4) is 0 Å². The van der Waals surface area contributed by atoms with E-state index in [0.717, 1.165) is 24.0 Å². The monoisotopic (exact) mass is 268 g/mol. The Balaban J connectivity index is 2.58. The predicted octanol–water partition coefficient (Wildman–Crippen LogP) is 2.06. The first-order valence-corrected chi connectivity index (χ1v) is 7.67. The molecule has 1 fully saturated rings. The number of nitrogen functional groups attached to an aromatic ring is 1. The zero-order valence-electron chi connectivity index (χ0n) is 11.1. The number of nitrogens with two attached hydrogens (primary N) is 1. The molecule has 0 bridgehead atoms. The molecule has 0 saturated carbocycles. The van der Waals surface area contributed by atoms with Crippen LogP contribution in [0.3, 0.4) is 0 Å². The second-order valence-electron chi connectivity index (χ2n) is 5.05. The summed E-state index contributed by atoms with van der Waals surface area (Å²) in [4.78, 5) is 0.288. The number of hydrogen-bond acceptors (Lipinski definition) is 3. The average Bonchev–Trinajstić information content (AvgIpc) is 2.71. The van der Waals surface area contributed by atoms with Gasteiger partial charge in [0.05, 0.1) is 5.69 Å². The molecule has 1 aromatic rings. The van der Waals surface area contributed by atoms with Crippen LogP contribution in [0.15, 0.2) is 17.0 Å². The molecule has 1 aliphatic heterocycles. The smallest absolute Gasteiger partial charge is 0.245 e. The van der Waals surface area contributed by atoms with Crippen LogP contribution in [0.5, 0.6) is 0 Å². The molecule has 2 N–H and O–H groups in total. The maximum absolute atomic E-state index is 12.7. The number of hydrogen-bond donors (Lipinski definition) is 1. The lowest BCUT2D eigenvalue weighted by Crippen LogP contribution is -2.34. The SMILES string of the molecule is Cc1ccc(C)c(S(=O)(=O)N2CCCC2C)c1N. The summed E-state index contributed by atoms with van der Waals surface area (Å²) in [6, 6.07) is 3.74.